The third kappa shape index (κ3) is 4.37. The van der Waals surface area contributed by atoms with Gasteiger partial charge in [0.2, 0.25) is 0 Å². The molecule has 0 aromatic heterocycles. The van der Waals surface area contributed by atoms with Crippen LogP contribution >= 0.6 is 0 Å². The quantitative estimate of drug-likeness (QED) is 0.827. The summed E-state index contributed by atoms with van der Waals surface area (Å²) in [6, 6.07) is 7.13. The van der Waals surface area contributed by atoms with Crippen molar-refractivity contribution in [2.75, 3.05) is 5.32 Å². The van der Waals surface area contributed by atoms with Crippen LogP contribution in [0.25, 0.3) is 11.1 Å². The van der Waals surface area contributed by atoms with E-state index >= 15 is 0 Å². The summed E-state index contributed by atoms with van der Waals surface area (Å²) < 4.78 is 45.8. The van der Waals surface area contributed by atoms with Crippen molar-refractivity contribution in [2.24, 2.45) is 0 Å². The minimum absolute atomic E-state index is 0.00472. The van der Waals surface area contributed by atoms with Crippen LogP contribution in [0.1, 0.15) is 20.3 Å². The number of amides is 1. The lowest BCUT2D eigenvalue weighted by molar-refractivity contribution is -0.152. The Morgan fingerprint density at radius 2 is 1.84 bits per heavy atom. The highest BCUT2D eigenvalue weighted by atomic mass is 19.2. The molecular weight excluding hydrogens is 335 g/mol. The normalized spacial score (nSPS) is 11.7. The van der Waals surface area contributed by atoms with Gasteiger partial charge in [-0.1, -0.05) is 25.1 Å². The van der Waals surface area contributed by atoms with Crippen LogP contribution in [0.5, 0.6) is 0 Å². The van der Waals surface area contributed by atoms with Crippen molar-refractivity contribution in [3.05, 3.63) is 53.8 Å². The first-order chi connectivity index (χ1) is 11.8. The fourth-order valence-electron chi connectivity index (χ4n) is 2.08. The van der Waals surface area contributed by atoms with Crippen LogP contribution in [0.3, 0.4) is 0 Å². The van der Waals surface area contributed by atoms with E-state index in [0.29, 0.717) is 0 Å². The number of hydrogen-bond acceptors (Lipinski definition) is 3. The van der Waals surface area contributed by atoms with E-state index in [4.69, 9.17) is 4.74 Å². The lowest BCUT2D eigenvalue weighted by Crippen LogP contribution is -2.30. The van der Waals surface area contributed by atoms with Gasteiger partial charge >= 0.3 is 5.97 Å². The van der Waals surface area contributed by atoms with Gasteiger partial charge in [-0.15, -0.1) is 0 Å². The molecule has 1 amide bonds. The van der Waals surface area contributed by atoms with Crippen LogP contribution in [-0.2, 0) is 14.3 Å². The minimum Gasteiger partial charge on any atom is -0.453 e. The van der Waals surface area contributed by atoms with Crippen molar-refractivity contribution in [1.29, 1.82) is 0 Å². The maximum atomic E-state index is 14.6. The summed E-state index contributed by atoms with van der Waals surface area (Å²) in [6.07, 6.45) is -0.990. The van der Waals surface area contributed by atoms with Crippen molar-refractivity contribution in [3.63, 3.8) is 0 Å². The second-order valence-electron chi connectivity index (χ2n) is 5.27. The van der Waals surface area contributed by atoms with E-state index in [1.807, 2.05) is 0 Å². The third-order valence-corrected chi connectivity index (χ3v) is 3.45. The highest BCUT2D eigenvalue weighted by molar-refractivity contribution is 5.95. The van der Waals surface area contributed by atoms with Gasteiger partial charge in [0, 0.05) is 12.0 Å². The van der Waals surface area contributed by atoms with Gasteiger partial charge in [-0.3, -0.25) is 9.59 Å². The van der Waals surface area contributed by atoms with Crippen LogP contribution in [0.2, 0.25) is 0 Å². The average Bonchev–Trinajstić information content (AvgIpc) is 2.59. The molecule has 0 spiro atoms. The molecule has 0 fully saturated rings. The lowest BCUT2D eigenvalue weighted by Gasteiger charge is -2.14. The summed E-state index contributed by atoms with van der Waals surface area (Å²) in [5.41, 5.74) is -0.0421. The van der Waals surface area contributed by atoms with Crippen LogP contribution in [0.4, 0.5) is 18.9 Å². The molecule has 0 saturated carbocycles. The first kappa shape index (κ1) is 18.5. The summed E-state index contributed by atoms with van der Waals surface area (Å²) in [4.78, 5) is 23.2. The third-order valence-electron chi connectivity index (χ3n) is 3.45. The number of carbonyl (C=O) groups excluding carboxylic acids is 2. The second kappa shape index (κ2) is 7.83. The number of benzene rings is 2. The van der Waals surface area contributed by atoms with E-state index in [1.54, 1.807) is 6.92 Å². The predicted molar refractivity (Wildman–Crippen MR) is 86.2 cm³/mol. The number of esters is 1. The Morgan fingerprint density at radius 3 is 2.48 bits per heavy atom. The summed E-state index contributed by atoms with van der Waals surface area (Å²) in [5, 5.41) is 2.32. The molecule has 4 nitrogen and oxygen atoms in total. The maximum absolute atomic E-state index is 14.6. The van der Waals surface area contributed by atoms with Crippen molar-refractivity contribution in [3.8, 4) is 11.1 Å². The highest BCUT2D eigenvalue weighted by Crippen LogP contribution is 2.28. The second-order valence-corrected chi connectivity index (χ2v) is 5.27. The smallest absolute Gasteiger partial charge is 0.306 e. The summed E-state index contributed by atoms with van der Waals surface area (Å²) in [6.45, 7) is 2.94. The first-order valence-electron chi connectivity index (χ1n) is 7.57. The van der Waals surface area contributed by atoms with E-state index < -0.39 is 35.4 Å². The lowest BCUT2D eigenvalue weighted by atomic mass is 10.0. The molecule has 132 valence electrons. The molecule has 0 bridgehead atoms. The Morgan fingerprint density at radius 1 is 1.12 bits per heavy atom. The highest BCUT2D eigenvalue weighted by Gasteiger charge is 2.19. The Bertz CT molecular complexity index is 808. The molecule has 1 unspecified atom stereocenters. The van der Waals surface area contributed by atoms with Gasteiger partial charge in [-0.2, -0.15) is 0 Å². The van der Waals surface area contributed by atoms with Gasteiger partial charge in [0.15, 0.2) is 23.6 Å². The van der Waals surface area contributed by atoms with Crippen molar-refractivity contribution < 1.29 is 27.5 Å². The number of hydrogen-bond donors (Lipinski definition) is 1. The Kier molecular flexibility index (Phi) is 5.80. The topological polar surface area (TPSA) is 55.4 Å². The SMILES string of the molecule is CCC(=O)OC(C)C(=O)Nc1cccc(-c2ccc(F)c(F)c2)c1F. The molecule has 2 rings (SSSR count). The van der Waals surface area contributed by atoms with E-state index in [-0.39, 0.29) is 23.2 Å². The number of halogens is 3. The molecule has 0 saturated heterocycles. The molecule has 0 radical (unpaired) electrons. The maximum Gasteiger partial charge on any atom is 0.306 e. The van der Waals surface area contributed by atoms with Crippen LogP contribution in [0, 0.1) is 17.5 Å². The molecule has 2 aromatic carbocycles. The van der Waals surface area contributed by atoms with Gasteiger partial charge in [-0.25, -0.2) is 13.2 Å². The van der Waals surface area contributed by atoms with Crippen LogP contribution < -0.4 is 5.32 Å². The first-order valence-corrected chi connectivity index (χ1v) is 7.57. The van der Waals surface area contributed by atoms with E-state index in [0.717, 1.165) is 12.1 Å². The number of carbonyl (C=O) groups is 2. The largest absolute Gasteiger partial charge is 0.453 e. The van der Waals surface area contributed by atoms with Gasteiger partial charge in [0.05, 0.1) is 5.69 Å². The molecule has 0 aliphatic carbocycles. The molecule has 7 heteroatoms. The molecule has 2 aromatic rings. The zero-order valence-corrected chi connectivity index (χ0v) is 13.6. The van der Waals surface area contributed by atoms with E-state index in [9.17, 15) is 22.8 Å². The minimum atomic E-state index is -1.11. The predicted octanol–water partition coefficient (Wildman–Crippen LogP) is 4.05. The van der Waals surface area contributed by atoms with Crippen LogP contribution in [0.15, 0.2) is 36.4 Å². The Balaban J connectivity index is 2.24. The average molecular weight is 351 g/mol. The Labute approximate surface area is 142 Å². The molecular formula is C18H16F3NO3. The van der Waals surface area contributed by atoms with Gasteiger partial charge < -0.3 is 10.1 Å². The Hall–Kier alpha value is -2.83. The monoisotopic (exact) mass is 351 g/mol. The van der Waals surface area contributed by atoms with Gasteiger partial charge in [-0.05, 0) is 30.7 Å². The van der Waals surface area contributed by atoms with E-state index in [1.165, 1.54) is 31.2 Å². The van der Waals surface area contributed by atoms with Crippen molar-refractivity contribution in [2.45, 2.75) is 26.4 Å². The number of nitrogens with one attached hydrogen (secondary N) is 1. The van der Waals surface area contributed by atoms with Gasteiger partial charge in [0.1, 0.15) is 0 Å². The summed E-state index contributed by atoms with van der Waals surface area (Å²) in [7, 11) is 0. The number of rotatable bonds is 5. The summed E-state index contributed by atoms with van der Waals surface area (Å²) >= 11 is 0. The van der Waals surface area contributed by atoms with Gasteiger partial charge in [0.25, 0.3) is 5.91 Å². The van der Waals surface area contributed by atoms with Crippen LogP contribution in [-0.4, -0.2) is 18.0 Å². The molecule has 1 atom stereocenters. The standard InChI is InChI=1S/C18H16F3NO3/c1-3-16(23)25-10(2)18(24)22-15-6-4-5-12(17(15)21)11-7-8-13(19)14(20)9-11/h4-10H,3H2,1-2H3,(H,22,24). The molecule has 25 heavy (non-hydrogen) atoms. The number of anilines is 1. The fraction of sp³-hybridized carbons (Fsp3) is 0.222. The molecule has 0 aliphatic heterocycles. The van der Waals surface area contributed by atoms with Crippen molar-refractivity contribution >= 4 is 17.6 Å². The number of ether oxygens (including phenoxy) is 1. The van der Waals surface area contributed by atoms with Crippen molar-refractivity contribution in [1.82, 2.24) is 0 Å². The zero-order valence-electron chi connectivity index (χ0n) is 13.6. The molecule has 0 heterocycles. The molecule has 1 N–H and O–H groups in total. The zero-order chi connectivity index (χ0) is 18.6. The van der Waals surface area contributed by atoms with E-state index in [2.05, 4.69) is 5.32 Å². The fourth-order valence-corrected chi connectivity index (χ4v) is 2.08. The summed E-state index contributed by atoms with van der Waals surface area (Å²) in [5.74, 6) is -4.22. The molecule has 0 aliphatic rings.